The molecule has 0 atom stereocenters. The van der Waals surface area contributed by atoms with Gasteiger partial charge in [-0.1, -0.05) is 12.1 Å². The van der Waals surface area contributed by atoms with E-state index < -0.39 is 11.7 Å². The lowest BCUT2D eigenvalue weighted by Crippen LogP contribution is -2.12. The summed E-state index contributed by atoms with van der Waals surface area (Å²) in [5, 5.41) is 0.512. The molecule has 0 aliphatic heterocycles. The molecule has 0 saturated heterocycles. The van der Waals surface area contributed by atoms with Crippen LogP contribution in [0.15, 0.2) is 34.8 Å². The number of primary amides is 1. The Hall–Kier alpha value is -2.21. The number of carbonyl (C=O) groups excluding carboxylic acids is 1. The van der Waals surface area contributed by atoms with Crippen LogP contribution in [0.25, 0.3) is 22.0 Å². The zero-order valence-electron chi connectivity index (χ0n) is 11.5. The Balaban J connectivity index is 2.43. The summed E-state index contributed by atoms with van der Waals surface area (Å²) in [7, 11) is 0. The Morgan fingerprint density at radius 3 is 2.45 bits per heavy atom. The maximum atomic E-state index is 14.1. The van der Waals surface area contributed by atoms with Gasteiger partial charge in [-0.2, -0.15) is 0 Å². The number of nitrogens with one attached hydrogen (secondary N) is 1. The van der Waals surface area contributed by atoms with E-state index in [1.807, 2.05) is 0 Å². The van der Waals surface area contributed by atoms with Crippen molar-refractivity contribution in [2.24, 2.45) is 5.73 Å². The smallest absolute Gasteiger partial charge is 0.250 e. The highest BCUT2D eigenvalue weighted by Crippen LogP contribution is 2.39. The van der Waals surface area contributed by atoms with Crippen molar-refractivity contribution in [1.82, 2.24) is 4.98 Å². The number of halogens is 3. The van der Waals surface area contributed by atoms with Gasteiger partial charge in [0.05, 0.1) is 15.6 Å². The number of H-pyrrole nitrogens is 1. The van der Waals surface area contributed by atoms with Gasteiger partial charge < -0.3 is 10.7 Å². The third-order valence-corrected chi connectivity index (χ3v) is 4.33. The van der Waals surface area contributed by atoms with Crippen molar-refractivity contribution < 1.29 is 13.6 Å². The van der Waals surface area contributed by atoms with E-state index >= 15 is 0 Å². The average Bonchev–Trinajstić information content (AvgIpc) is 2.81. The lowest BCUT2D eigenvalue weighted by Gasteiger charge is -2.06. The van der Waals surface area contributed by atoms with Crippen LogP contribution in [0.2, 0.25) is 0 Å². The number of rotatable bonds is 2. The maximum Gasteiger partial charge on any atom is 0.250 e. The normalized spacial score (nSPS) is 11.1. The molecule has 0 fully saturated rings. The number of aryl methyl sites for hydroxylation is 1. The number of hydrogen-bond donors (Lipinski definition) is 2. The zero-order chi connectivity index (χ0) is 16.0. The number of hydrogen-bond acceptors (Lipinski definition) is 1. The van der Waals surface area contributed by atoms with Gasteiger partial charge in [-0.25, -0.2) is 8.78 Å². The minimum atomic E-state index is -0.719. The highest BCUT2D eigenvalue weighted by molar-refractivity contribution is 9.10. The topological polar surface area (TPSA) is 58.9 Å². The molecule has 3 N–H and O–H groups in total. The van der Waals surface area contributed by atoms with Crippen molar-refractivity contribution in [2.75, 3.05) is 0 Å². The van der Waals surface area contributed by atoms with E-state index in [4.69, 9.17) is 5.73 Å². The fourth-order valence-corrected chi connectivity index (χ4v) is 3.11. The van der Waals surface area contributed by atoms with E-state index in [1.54, 1.807) is 19.1 Å². The molecule has 0 aliphatic rings. The van der Waals surface area contributed by atoms with Crippen molar-refractivity contribution in [3.63, 3.8) is 0 Å². The van der Waals surface area contributed by atoms with Gasteiger partial charge >= 0.3 is 0 Å². The van der Waals surface area contributed by atoms with Crippen LogP contribution < -0.4 is 5.73 Å². The lowest BCUT2D eigenvalue weighted by atomic mass is 10.0. The van der Waals surface area contributed by atoms with Crippen LogP contribution in [0.4, 0.5) is 8.78 Å². The molecular weight excluding hydrogens is 354 g/mol. The third kappa shape index (κ3) is 2.20. The number of aromatic amines is 1. The molecule has 3 nitrogen and oxygen atoms in total. The summed E-state index contributed by atoms with van der Waals surface area (Å²) in [4.78, 5) is 14.6. The van der Waals surface area contributed by atoms with Crippen LogP contribution in [0, 0.1) is 18.6 Å². The van der Waals surface area contributed by atoms with E-state index in [0.29, 0.717) is 22.0 Å². The second kappa shape index (κ2) is 5.21. The predicted octanol–water partition coefficient (Wildman–Crippen LogP) is 4.28. The van der Waals surface area contributed by atoms with E-state index in [2.05, 4.69) is 20.9 Å². The molecule has 112 valence electrons. The SMILES string of the molecule is Cc1[nH]c2c(C(N)=O)cc(F)c(Br)c2c1-c1ccc(F)cc1. The lowest BCUT2D eigenvalue weighted by molar-refractivity contribution is 0.100. The first-order chi connectivity index (χ1) is 10.4. The molecule has 0 bridgehead atoms. The number of aromatic nitrogens is 1. The fourth-order valence-electron chi connectivity index (χ4n) is 2.60. The molecular formula is C16H11BrF2N2O. The summed E-state index contributed by atoms with van der Waals surface area (Å²) < 4.78 is 27.5. The number of carbonyl (C=O) groups is 1. The van der Waals surface area contributed by atoms with Crippen molar-refractivity contribution in [1.29, 1.82) is 0 Å². The van der Waals surface area contributed by atoms with Crippen molar-refractivity contribution in [3.8, 4) is 11.1 Å². The Morgan fingerprint density at radius 1 is 1.23 bits per heavy atom. The number of benzene rings is 2. The predicted molar refractivity (Wildman–Crippen MR) is 84.6 cm³/mol. The van der Waals surface area contributed by atoms with Gasteiger partial charge in [-0.05, 0) is 46.6 Å². The van der Waals surface area contributed by atoms with Gasteiger partial charge in [0.1, 0.15) is 11.6 Å². The molecule has 22 heavy (non-hydrogen) atoms. The van der Waals surface area contributed by atoms with Crippen LogP contribution in [0.3, 0.4) is 0 Å². The number of amides is 1. The molecule has 3 aromatic rings. The molecule has 6 heteroatoms. The summed E-state index contributed by atoms with van der Waals surface area (Å²) in [5.74, 6) is -1.66. The molecule has 2 aromatic carbocycles. The third-order valence-electron chi connectivity index (χ3n) is 3.56. The summed E-state index contributed by atoms with van der Waals surface area (Å²) in [6, 6.07) is 6.96. The Kier molecular flexibility index (Phi) is 3.48. The zero-order valence-corrected chi connectivity index (χ0v) is 13.1. The Labute approximate surface area is 133 Å². The second-order valence-corrected chi connectivity index (χ2v) is 5.76. The fraction of sp³-hybridized carbons (Fsp3) is 0.0625. The molecule has 3 rings (SSSR count). The molecule has 0 unspecified atom stereocenters. The van der Waals surface area contributed by atoms with Crippen molar-refractivity contribution in [3.05, 3.63) is 57.7 Å². The first-order valence-electron chi connectivity index (χ1n) is 6.46. The minimum absolute atomic E-state index is 0.0761. The van der Waals surface area contributed by atoms with Gasteiger partial charge in [0.15, 0.2) is 0 Å². The molecule has 1 heterocycles. The largest absolute Gasteiger partial charge is 0.366 e. The van der Waals surface area contributed by atoms with Crippen LogP contribution >= 0.6 is 15.9 Å². The Morgan fingerprint density at radius 2 is 1.86 bits per heavy atom. The monoisotopic (exact) mass is 364 g/mol. The molecule has 0 saturated carbocycles. The summed E-state index contributed by atoms with van der Waals surface area (Å²) in [6.45, 7) is 1.80. The van der Waals surface area contributed by atoms with Gasteiger partial charge in [0.25, 0.3) is 5.91 Å². The standard InChI is InChI=1S/C16H11BrF2N2O/c1-7-12(8-2-4-9(18)5-3-8)13-14(17)11(19)6-10(16(20)22)15(13)21-7/h2-6,21H,1H3,(H2,20,22). The molecule has 1 amide bonds. The molecule has 0 aliphatic carbocycles. The maximum absolute atomic E-state index is 14.1. The molecule has 1 aromatic heterocycles. The highest BCUT2D eigenvalue weighted by Gasteiger charge is 2.21. The van der Waals surface area contributed by atoms with Gasteiger partial charge in [-0.15, -0.1) is 0 Å². The second-order valence-electron chi connectivity index (χ2n) is 4.97. The summed E-state index contributed by atoms with van der Waals surface area (Å²) in [5.41, 5.74) is 8.00. The quantitative estimate of drug-likeness (QED) is 0.700. The summed E-state index contributed by atoms with van der Waals surface area (Å²) >= 11 is 3.22. The average molecular weight is 365 g/mol. The highest BCUT2D eigenvalue weighted by atomic mass is 79.9. The minimum Gasteiger partial charge on any atom is -0.366 e. The number of nitrogens with two attached hydrogens (primary N) is 1. The van der Waals surface area contributed by atoms with Crippen LogP contribution in [-0.2, 0) is 0 Å². The number of fused-ring (bicyclic) bond motifs is 1. The first-order valence-corrected chi connectivity index (χ1v) is 7.25. The first kappa shape index (κ1) is 14.7. The summed E-state index contributed by atoms with van der Waals surface area (Å²) in [6.07, 6.45) is 0. The van der Waals surface area contributed by atoms with Gasteiger partial charge in [0, 0.05) is 16.6 Å². The van der Waals surface area contributed by atoms with Crippen LogP contribution in [0.1, 0.15) is 16.1 Å². The van der Waals surface area contributed by atoms with Gasteiger partial charge in [0.2, 0.25) is 0 Å². The van der Waals surface area contributed by atoms with E-state index in [9.17, 15) is 13.6 Å². The Bertz CT molecular complexity index is 901. The van der Waals surface area contributed by atoms with Crippen LogP contribution in [0.5, 0.6) is 0 Å². The van der Waals surface area contributed by atoms with Gasteiger partial charge in [-0.3, -0.25) is 4.79 Å². The molecule has 0 spiro atoms. The van der Waals surface area contributed by atoms with E-state index in [0.717, 1.165) is 11.8 Å². The molecule has 0 radical (unpaired) electrons. The van der Waals surface area contributed by atoms with Crippen LogP contribution in [-0.4, -0.2) is 10.9 Å². The van der Waals surface area contributed by atoms with Crippen molar-refractivity contribution in [2.45, 2.75) is 6.92 Å². The van der Waals surface area contributed by atoms with E-state index in [-0.39, 0.29) is 15.9 Å². The van der Waals surface area contributed by atoms with Crippen molar-refractivity contribution >= 4 is 32.7 Å². The van der Waals surface area contributed by atoms with E-state index in [1.165, 1.54) is 12.1 Å².